The number of aliphatic hydroxyl groups is 1. The van der Waals surface area contributed by atoms with Gasteiger partial charge in [-0.2, -0.15) is 0 Å². The van der Waals surface area contributed by atoms with Crippen molar-refractivity contribution >= 4 is 5.78 Å². The first-order chi connectivity index (χ1) is 12.7. The van der Waals surface area contributed by atoms with Crippen LogP contribution >= 0.6 is 0 Å². The number of carbonyl (C=O) groups excluding carboxylic acids is 1. The molecule has 0 radical (unpaired) electrons. The van der Waals surface area contributed by atoms with Crippen LogP contribution in [0.3, 0.4) is 0 Å². The number of hydrogen-bond donors (Lipinski definition) is 2. The molecule has 1 saturated heterocycles. The molecule has 0 bridgehead atoms. The molecule has 1 aliphatic rings. The van der Waals surface area contributed by atoms with Gasteiger partial charge in [-0.3, -0.25) is 4.79 Å². The molecule has 1 fully saturated rings. The van der Waals surface area contributed by atoms with E-state index in [2.05, 4.69) is 5.32 Å². The van der Waals surface area contributed by atoms with Gasteiger partial charge in [0, 0.05) is 30.8 Å². The topological polar surface area (TPSA) is 67.8 Å². The minimum Gasteiger partial charge on any atom is -0.491 e. The Hall–Kier alpha value is -2.21. The van der Waals surface area contributed by atoms with Crippen LogP contribution in [0.15, 0.2) is 54.6 Å². The Bertz CT molecular complexity index is 681. The van der Waals surface area contributed by atoms with Gasteiger partial charge in [-0.05, 0) is 37.1 Å². The number of hydrogen-bond acceptors (Lipinski definition) is 5. The predicted molar refractivity (Wildman–Crippen MR) is 99.7 cm³/mol. The number of carbonyl (C=O) groups is 1. The van der Waals surface area contributed by atoms with E-state index < -0.39 is 6.10 Å². The van der Waals surface area contributed by atoms with E-state index >= 15 is 0 Å². The molecule has 3 rings (SSSR count). The zero-order valence-corrected chi connectivity index (χ0v) is 14.8. The SMILES string of the molecule is O=C(c1ccccc1)c1ccc(OC[C@@H](O)CNC[C@H]2CCCO2)cc1. The maximum atomic E-state index is 12.4. The second-order valence-electron chi connectivity index (χ2n) is 6.48. The van der Waals surface area contributed by atoms with Crippen LogP contribution in [0.25, 0.3) is 0 Å². The fourth-order valence-electron chi connectivity index (χ4n) is 2.93. The first-order valence-corrected chi connectivity index (χ1v) is 9.05. The number of aliphatic hydroxyl groups excluding tert-OH is 1. The van der Waals surface area contributed by atoms with Crippen molar-refractivity contribution < 1.29 is 19.4 Å². The van der Waals surface area contributed by atoms with E-state index in [1.807, 2.05) is 18.2 Å². The second-order valence-corrected chi connectivity index (χ2v) is 6.48. The van der Waals surface area contributed by atoms with E-state index in [1.165, 1.54) is 0 Å². The molecule has 0 unspecified atom stereocenters. The van der Waals surface area contributed by atoms with Crippen molar-refractivity contribution in [1.82, 2.24) is 5.32 Å². The molecular formula is C21H25NO4. The van der Waals surface area contributed by atoms with Crippen LogP contribution in [0.5, 0.6) is 5.75 Å². The molecule has 0 spiro atoms. The van der Waals surface area contributed by atoms with Crippen LogP contribution in [0.4, 0.5) is 0 Å². The highest BCUT2D eigenvalue weighted by Crippen LogP contribution is 2.16. The quantitative estimate of drug-likeness (QED) is 0.676. The summed E-state index contributed by atoms with van der Waals surface area (Å²) < 4.78 is 11.1. The lowest BCUT2D eigenvalue weighted by atomic mass is 10.0. The highest BCUT2D eigenvalue weighted by atomic mass is 16.5. The third-order valence-electron chi connectivity index (χ3n) is 4.37. The number of benzene rings is 2. The van der Waals surface area contributed by atoms with Crippen molar-refractivity contribution in [2.75, 3.05) is 26.3 Å². The van der Waals surface area contributed by atoms with Crippen LogP contribution < -0.4 is 10.1 Å². The van der Waals surface area contributed by atoms with E-state index in [9.17, 15) is 9.90 Å². The minimum atomic E-state index is -0.595. The Morgan fingerprint density at radius 1 is 1.15 bits per heavy atom. The number of ketones is 1. The van der Waals surface area contributed by atoms with Crippen LogP contribution in [-0.4, -0.2) is 49.4 Å². The maximum Gasteiger partial charge on any atom is 0.193 e. The van der Waals surface area contributed by atoms with E-state index in [0.717, 1.165) is 26.0 Å². The lowest BCUT2D eigenvalue weighted by Crippen LogP contribution is -2.35. The van der Waals surface area contributed by atoms with Crippen LogP contribution in [0, 0.1) is 0 Å². The molecule has 0 aliphatic carbocycles. The second kappa shape index (κ2) is 9.48. The molecule has 26 heavy (non-hydrogen) atoms. The summed E-state index contributed by atoms with van der Waals surface area (Å²) in [6, 6.07) is 16.2. The molecule has 2 N–H and O–H groups in total. The summed E-state index contributed by atoms with van der Waals surface area (Å²) in [5.74, 6) is 0.614. The molecular weight excluding hydrogens is 330 g/mol. The smallest absolute Gasteiger partial charge is 0.193 e. The minimum absolute atomic E-state index is 0.0180. The molecule has 2 aromatic rings. The van der Waals surface area contributed by atoms with Gasteiger partial charge in [0.2, 0.25) is 0 Å². The highest BCUT2D eigenvalue weighted by Gasteiger charge is 2.15. The molecule has 5 nitrogen and oxygen atoms in total. The standard InChI is InChI=1S/C21H25NO4/c23-18(13-22-14-20-7-4-12-25-20)15-26-19-10-8-17(9-11-19)21(24)16-5-2-1-3-6-16/h1-3,5-6,8-11,18,20,22-23H,4,7,12-15H2/t18-,20+/m0/s1. The average molecular weight is 355 g/mol. The first kappa shape index (κ1) is 18.6. The number of nitrogens with one attached hydrogen (secondary N) is 1. The van der Waals surface area contributed by atoms with E-state index in [0.29, 0.717) is 23.4 Å². The number of ether oxygens (including phenoxy) is 2. The fourth-order valence-corrected chi connectivity index (χ4v) is 2.93. The number of rotatable bonds is 9. The lowest BCUT2D eigenvalue weighted by Gasteiger charge is -2.15. The zero-order chi connectivity index (χ0) is 18.2. The first-order valence-electron chi connectivity index (χ1n) is 9.05. The van der Waals surface area contributed by atoms with Gasteiger partial charge >= 0.3 is 0 Å². The molecule has 0 aromatic heterocycles. The van der Waals surface area contributed by atoms with Crippen molar-refractivity contribution in [1.29, 1.82) is 0 Å². The zero-order valence-electron chi connectivity index (χ0n) is 14.8. The van der Waals surface area contributed by atoms with E-state index in [1.54, 1.807) is 36.4 Å². The third kappa shape index (κ3) is 5.39. The Labute approximate surface area is 153 Å². The summed E-state index contributed by atoms with van der Waals surface area (Å²) >= 11 is 0. The highest BCUT2D eigenvalue weighted by molar-refractivity contribution is 6.08. The summed E-state index contributed by atoms with van der Waals surface area (Å²) in [7, 11) is 0. The van der Waals surface area contributed by atoms with Gasteiger partial charge in [0.05, 0.1) is 6.10 Å². The Morgan fingerprint density at radius 2 is 1.88 bits per heavy atom. The van der Waals surface area contributed by atoms with Crippen LogP contribution in [0.1, 0.15) is 28.8 Å². The summed E-state index contributed by atoms with van der Waals surface area (Å²) in [5.41, 5.74) is 1.27. The molecule has 2 aromatic carbocycles. The maximum absolute atomic E-state index is 12.4. The van der Waals surface area contributed by atoms with Crippen molar-refractivity contribution in [2.24, 2.45) is 0 Å². The van der Waals surface area contributed by atoms with Gasteiger partial charge in [-0.1, -0.05) is 30.3 Å². The van der Waals surface area contributed by atoms with Gasteiger partial charge in [0.15, 0.2) is 5.78 Å². The van der Waals surface area contributed by atoms with Crippen LogP contribution in [-0.2, 0) is 4.74 Å². The van der Waals surface area contributed by atoms with Gasteiger partial charge in [-0.25, -0.2) is 0 Å². The molecule has 1 heterocycles. The third-order valence-corrected chi connectivity index (χ3v) is 4.37. The molecule has 0 amide bonds. The molecule has 2 atom stereocenters. The summed E-state index contributed by atoms with van der Waals surface area (Å²) in [6.45, 7) is 2.25. The fraction of sp³-hybridized carbons (Fsp3) is 0.381. The Kier molecular flexibility index (Phi) is 6.77. The largest absolute Gasteiger partial charge is 0.491 e. The summed E-state index contributed by atoms with van der Waals surface area (Å²) in [6.07, 6.45) is 1.86. The lowest BCUT2D eigenvalue weighted by molar-refractivity contribution is 0.0881. The van der Waals surface area contributed by atoms with Crippen molar-refractivity contribution in [3.05, 3.63) is 65.7 Å². The summed E-state index contributed by atoms with van der Waals surface area (Å²) in [4.78, 5) is 12.4. The van der Waals surface area contributed by atoms with Gasteiger partial charge in [0.25, 0.3) is 0 Å². The monoisotopic (exact) mass is 355 g/mol. The van der Waals surface area contributed by atoms with E-state index in [4.69, 9.17) is 9.47 Å². The van der Waals surface area contributed by atoms with E-state index in [-0.39, 0.29) is 18.5 Å². The molecule has 0 saturated carbocycles. The molecule has 1 aliphatic heterocycles. The van der Waals surface area contributed by atoms with Crippen LogP contribution in [0.2, 0.25) is 0 Å². The Balaban J connectivity index is 1.41. The van der Waals surface area contributed by atoms with Crippen molar-refractivity contribution in [3.63, 3.8) is 0 Å². The predicted octanol–water partition coefficient (Wildman–Crippen LogP) is 2.43. The molecule has 138 valence electrons. The van der Waals surface area contributed by atoms with Crippen molar-refractivity contribution in [2.45, 2.75) is 25.0 Å². The van der Waals surface area contributed by atoms with Gasteiger partial charge in [0.1, 0.15) is 18.5 Å². The van der Waals surface area contributed by atoms with Crippen molar-refractivity contribution in [3.8, 4) is 5.75 Å². The van der Waals surface area contributed by atoms with Gasteiger partial charge < -0.3 is 19.9 Å². The van der Waals surface area contributed by atoms with Gasteiger partial charge in [-0.15, -0.1) is 0 Å². The normalized spacial score (nSPS) is 17.8. The molecule has 5 heteroatoms. The summed E-state index contributed by atoms with van der Waals surface area (Å²) in [5, 5.41) is 13.2. The average Bonchev–Trinajstić information content (AvgIpc) is 3.20. The Morgan fingerprint density at radius 3 is 2.58 bits per heavy atom.